The van der Waals surface area contributed by atoms with E-state index in [1.807, 2.05) is 12.1 Å². The molecule has 1 N–H and O–H groups in total. The van der Waals surface area contributed by atoms with E-state index in [-0.39, 0.29) is 0 Å². The molecule has 1 aromatic carbocycles. The van der Waals surface area contributed by atoms with Crippen molar-refractivity contribution in [1.82, 2.24) is 5.32 Å². The van der Waals surface area contributed by atoms with E-state index in [1.54, 1.807) is 0 Å². The van der Waals surface area contributed by atoms with Gasteiger partial charge in [0, 0.05) is 21.5 Å². The second-order valence-corrected chi connectivity index (χ2v) is 5.12. The van der Waals surface area contributed by atoms with Gasteiger partial charge in [-0.15, -0.1) is 0 Å². The normalized spacial score (nSPS) is 12.5. The Morgan fingerprint density at radius 2 is 2.14 bits per heavy atom. The number of hydrogen-bond acceptors (Lipinski definition) is 1. The minimum absolute atomic E-state index is 0.319. The summed E-state index contributed by atoms with van der Waals surface area (Å²) in [5.74, 6) is 0. The molecular weight excluding hydrogens is 306 g/mol. The van der Waals surface area contributed by atoms with Gasteiger partial charge >= 0.3 is 0 Å². The highest BCUT2D eigenvalue weighted by molar-refractivity contribution is 9.11. The van der Waals surface area contributed by atoms with Crippen LogP contribution >= 0.6 is 31.9 Å². The third-order valence-corrected chi connectivity index (χ3v) is 2.97. The lowest BCUT2D eigenvalue weighted by atomic mass is 10.1. The first kappa shape index (κ1) is 12.0. The molecule has 0 fully saturated rings. The first-order chi connectivity index (χ1) is 6.61. The van der Waals surface area contributed by atoms with Gasteiger partial charge < -0.3 is 5.32 Å². The average molecular weight is 319 g/mol. The Hall–Kier alpha value is -0.120. The molecule has 14 heavy (non-hydrogen) atoms. The van der Waals surface area contributed by atoms with Gasteiger partial charge in [-0.3, -0.25) is 0 Å². The van der Waals surface area contributed by atoms with Crippen molar-refractivity contribution in [2.24, 2.45) is 0 Å². The molecule has 3 heteroatoms. The van der Waals surface area contributed by atoms with Crippen molar-refractivity contribution in [3.8, 4) is 0 Å². The first-order valence-corrected chi connectivity index (χ1v) is 6.01. The largest absolute Gasteiger partial charge is 0.306 e. The summed E-state index contributed by atoms with van der Waals surface area (Å²) in [5, 5.41) is 3.36. The van der Waals surface area contributed by atoms with Crippen molar-refractivity contribution < 1.29 is 0 Å². The van der Waals surface area contributed by atoms with Crippen LogP contribution in [0.15, 0.2) is 39.8 Å². The van der Waals surface area contributed by atoms with E-state index in [4.69, 9.17) is 0 Å². The van der Waals surface area contributed by atoms with Crippen LogP contribution in [0.2, 0.25) is 0 Å². The maximum Gasteiger partial charge on any atom is 0.0306 e. The van der Waals surface area contributed by atoms with Crippen LogP contribution in [-0.2, 0) is 0 Å². The Morgan fingerprint density at radius 3 is 2.71 bits per heavy atom. The molecule has 1 aromatic rings. The highest BCUT2D eigenvalue weighted by Gasteiger charge is 2.07. The van der Waals surface area contributed by atoms with Crippen molar-refractivity contribution in [2.45, 2.75) is 13.0 Å². The van der Waals surface area contributed by atoms with Gasteiger partial charge in [-0.1, -0.05) is 56.6 Å². The second kappa shape index (κ2) is 5.69. The Labute approximate surface area is 102 Å². The molecule has 0 aromatic heterocycles. The van der Waals surface area contributed by atoms with Crippen LogP contribution < -0.4 is 5.32 Å². The number of halogens is 2. The monoisotopic (exact) mass is 317 g/mol. The zero-order valence-electron chi connectivity index (χ0n) is 8.06. The number of nitrogens with one attached hydrogen (secondary N) is 1. The van der Waals surface area contributed by atoms with Crippen LogP contribution in [0.5, 0.6) is 0 Å². The third-order valence-electron chi connectivity index (χ3n) is 1.97. The summed E-state index contributed by atoms with van der Waals surface area (Å²) >= 11 is 6.86. The number of hydrogen-bond donors (Lipinski definition) is 1. The fraction of sp³-hybridized carbons (Fsp3) is 0.273. The predicted molar refractivity (Wildman–Crippen MR) is 68.6 cm³/mol. The zero-order valence-corrected chi connectivity index (χ0v) is 11.2. The smallest absolute Gasteiger partial charge is 0.0306 e. The molecule has 0 bridgehead atoms. The molecule has 0 radical (unpaired) electrons. The second-order valence-electron chi connectivity index (χ2n) is 3.14. The summed E-state index contributed by atoms with van der Waals surface area (Å²) < 4.78 is 2.11. The van der Waals surface area contributed by atoms with Crippen LogP contribution in [-0.4, -0.2) is 6.54 Å². The molecule has 0 aliphatic carbocycles. The third kappa shape index (κ3) is 3.56. The van der Waals surface area contributed by atoms with Crippen LogP contribution in [0, 0.1) is 0 Å². The minimum atomic E-state index is 0.319. The summed E-state index contributed by atoms with van der Waals surface area (Å²) in [6, 6.07) is 8.54. The van der Waals surface area contributed by atoms with Crippen LogP contribution in [0.4, 0.5) is 0 Å². The Kier molecular flexibility index (Phi) is 4.85. The maximum atomic E-state index is 3.79. The number of rotatable bonds is 4. The van der Waals surface area contributed by atoms with Crippen molar-refractivity contribution in [3.05, 3.63) is 45.4 Å². The molecule has 0 saturated heterocycles. The molecule has 0 heterocycles. The maximum absolute atomic E-state index is 3.79. The van der Waals surface area contributed by atoms with E-state index in [0.717, 1.165) is 15.5 Å². The highest BCUT2D eigenvalue weighted by atomic mass is 79.9. The molecule has 0 spiro atoms. The van der Waals surface area contributed by atoms with Gasteiger partial charge in [0.05, 0.1) is 0 Å². The van der Waals surface area contributed by atoms with Gasteiger partial charge in [-0.25, -0.2) is 0 Å². The molecule has 1 atom stereocenters. The fourth-order valence-electron chi connectivity index (χ4n) is 1.20. The summed E-state index contributed by atoms with van der Waals surface area (Å²) in [4.78, 5) is 0. The summed E-state index contributed by atoms with van der Waals surface area (Å²) in [7, 11) is 0. The molecule has 0 saturated carbocycles. The van der Waals surface area contributed by atoms with Gasteiger partial charge in [0.1, 0.15) is 0 Å². The number of benzene rings is 1. The Bertz CT molecular complexity index is 323. The molecule has 0 aliphatic rings. The molecule has 76 valence electrons. The Balaban J connectivity index is 2.65. The first-order valence-electron chi connectivity index (χ1n) is 4.42. The van der Waals surface area contributed by atoms with Crippen LogP contribution in [0.1, 0.15) is 18.5 Å². The quantitative estimate of drug-likeness (QED) is 0.884. The van der Waals surface area contributed by atoms with E-state index in [9.17, 15) is 0 Å². The molecule has 0 unspecified atom stereocenters. The summed E-state index contributed by atoms with van der Waals surface area (Å²) in [5.41, 5.74) is 1.27. The van der Waals surface area contributed by atoms with Crippen molar-refractivity contribution >= 4 is 31.9 Å². The van der Waals surface area contributed by atoms with Gasteiger partial charge in [0.15, 0.2) is 0 Å². The lowest BCUT2D eigenvalue weighted by molar-refractivity contribution is 0.613. The van der Waals surface area contributed by atoms with Crippen LogP contribution in [0.3, 0.4) is 0 Å². The lowest BCUT2D eigenvalue weighted by Gasteiger charge is -2.15. The molecule has 0 amide bonds. The minimum Gasteiger partial charge on any atom is -0.306 e. The van der Waals surface area contributed by atoms with E-state index >= 15 is 0 Å². The topological polar surface area (TPSA) is 12.0 Å². The van der Waals surface area contributed by atoms with Gasteiger partial charge in [-0.2, -0.15) is 0 Å². The predicted octanol–water partition coefficient (Wildman–Crippen LogP) is 4.01. The van der Waals surface area contributed by atoms with Crippen molar-refractivity contribution in [3.63, 3.8) is 0 Å². The van der Waals surface area contributed by atoms with Gasteiger partial charge in [-0.05, 0) is 18.6 Å². The standard InChI is InChI=1S/C11H13Br2N/c1-8(12)7-14-9(2)10-5-3-4-6-11(10)13/h3-6,9,14H,1,7H2,2H3/t9-/m0/s1. The van der Waals surface area contributed by atoms with Crippen molar-refractivity contribution in [2.75, 3.05) is 6.54 Å². The highest BCUT2D eigenvalue weighted by Crippen LogP contribution is 2.22. The van der Waals surface area contributed by atoms with Crippen molar-refractivity contribution in [1.29, 1.82) is 0 Å². The lowest BCUT2D eigenvalue weighted by Crippen LogP contribution is -2.19. The summed E-state index contributed by atoms with van der Waals surface area (Å²) in [6.45, 7) is 6.70. The fourth-order valence-corrected chi connectivity index (χ4v) is 1.99. The molecular formula is C11H13Br2N. The van der Waals surface area contributed by atoms with E-state index in [1.165, 1.54) is 5.56 Å². The van der Waals surface area contributed by atoms with Gasteiger partial charge in [0.25, 0.3) is 0 Å². The van der Waals surface area contributed by atoms with Gasteiger partial charge in [0.2, 0.25) is 0 Å². The van der Waals surface area contributed by atoms with E-state index in [0.29, 0.717) is 6.04 Å². The van der Waals surface area contributed by atoms with Crippen LogP contribution in [0.25, 0.3) is 0 Å². The summed E-state index contributed by atoms with van der Waals surface area (Å²) in [6.07, 6.45) is 0. The SMILES string of the molecule is C=C(Br)CN[C@@H](C)c1ccccc1Br. The molecule has 1 rings (SSSR count). The zero-order chi connectivity index (χ0) is 10.6. The van der Waals surface area contributed by atoms with E-state index < -0.39 is 0 Å². The Morgan fingerprint density at radius 1 is 1.50 bits per heavy atom. The molecule has 1 nitrogen and oxygen atoms in total. The molecule has 0 aliphatic heterocycles. The average Bonchev–Trinajstić information content (AvgIpc) is 2.15. The van der Waals surface area contributed by atoms with E-state index in [2.05, 4.69) is 62.8 Å².